The molecule has 4 heteroatoms. The van der Waals surface area contributed by atoms with E-state index in [1.54, 1.807) is 0 Å². The summed E-state index contributed by atoms with van der Waals surface area (Å²) in [5.41, 5.74) is 8.88. The van der Waals surface area contributed by atoms with Gasteiger partial charge in [0.15, 0.2) is 0 Å². The van der Waals surface area contributed by atoms with Crippen molar-refractivity contribution < 1.29 is 0 Å². The number of halogens is 2. The zero-order valence-corrected chi connectivity index (χ0v) is 9.54. The van der Waals surface area contributed by atoms with E-state index >= 15 is 0 Å². The largest absolute Gasteiger partial charge is 0.326 e. The Morgan fingerprint density at radius 2 is 1.92 bits per heavy atom. The van der Waals surface area contributed by atoms with Gasteiger partial charge < -0.3 is 5.73 Å². The van der Waals surface area contributed by atoms with Crippen LogP contribution in [-0.4, -0.2) is 4.98 Å². The quantitative estimate of drug-likeness (QED) is 0.835. The monoisotopic (exact) mass is 222 g/mol. The summed E-state index contributed by atoms with van der Waals surface area (Å²) in [6.07, 6.45) is 0.981. The summed E-state index contributed by atoms with van der Waals surface area (Å²) in [5.74, 6) is 0. The van der Waals surface area contributed by atoms with Crippen molar-refractivity contribution in [3.8, 4) is 0 Å². The van der Waals surface area contributed by atoms with Gasteiger partial charge >= 0.3 is 0 Å². The average molecular weight is 223 g/mol. The Hall–Kier alpha value is -0.310. The third-order valence-corrected chi connectivity index (χ3v) is 1.66. The number of rotatable bonds is 2. The van der Waals surface area contributed by atoms with Crippen molar-refractivity contribution in [1.29, 1.82) is 0 Å². The lowest BCUT2D eigenvalue weighted by atomic mass is 10.2. The fourth-order valence-electron chi connectivity index (χ4n) is 1.11. The van der Waals surface area contributed by atoms with Crippen LogP contribution in [0.1, 0.15) is 23.9 Å². The second kappa shape index (κ2) is 7.13. The standard InChI is InChI=1S/C9H14N2.2ClH/c1-3-9-5-8(6-10)4-7(2)11-9;;/h4-5H,3,6,10H2,1-2H3;2*1H. The molecule has 0 unspecified atom stereocenters. The van der Waals surface area contributed by atoms with Gasteiger partial charge in [-0.1, -0.05) is 6.92 Å². The zero-order valence-electron chi connectivity index (χ0n) is 7.91. The van der Waals surface area contributed by atoms with Gasteiger partial charge in [0.1, 0.15) is 0 Å². The van der Waals surface area contributed by atoms with E-state index in [4.69, 9.17) is 5.73 Å². The van der Waals surface area contributed by atoms with Crippen LogP contribution in [-0.2, 0) is 13.0 Å². The maximum absolute atomic E-state index is 5.51. The van der Waals surface area contributed by atoms with Crippen LogP contribution in [0.3, 0.4) is 0 Å². The molecule has 0 aromatic carbocycles. The van der Waals surface area contributed by atoms with Gasteiger partial charge in [-0.15, -0.1) is 24.8 Å². The lowest BCUT2D eigenvalue weighted by Crippen LogP contribution is -2.00. The summed E-state index contributed by atoms with van der Waals surface area (Å²) < 4.78 is 0. The molecule has 0 fully saturated rings. The van der Waals surface area contributed by atoms with E-state index in [1.807, 2.05) is 13.0 Å². The number of hydrogen-bond donors (Lipinski definition) is 1. The molecule has 0 amide bonds. The van der Waals surface area contributed by atoms with E-state index < -0.39 is 0 Å². The molecule has 2 N–H and O–H groups in total. The van der Waals surface area contributed by atoms with Gasteiger partial charge in [-0.05, 0) is 31.0 Å². The van der Waals surface area contributed by atoms with Gasteiger partial charge in [0.05, 0.1) is 0 Å². The van der Waals surface area contributed by atoms with Crippen LogP contribution in [0.15, 0.2) is 12.1 Å². The highest BCUT2D eigenvalue weighted by molar-refractivity contribution is 5.85. The molecule has 0 bridgehead atoms. The van der Waals surface area contributed by atoms with Crippen LogP contribution in [0.4, 0.5) is 0 Å². The van der Waals surface area contributed by atoms with E-state index in [9.17, 15) is 0 Å². The fraction of sp³-hybridized carbons (Fsp3) is 0.444. The van der Waals surface area contributed by atoms with Crippen molar-refractivity contribution in [1.82, 2.24) is 4.98 Å². The Morgan fingerprint density at radius 3 is 2.38 bits per heavy atom. The number of hydrogen-bond acceptors (Lipinski definition) is 2. The molecule has 0 saturated carbocycles. The molecule has 1 aromatic rings. The molecule has 0 radical (unpaired) electrons. The molecule has 2 nitrogen and oxygen atoms in total. The second-order valence-corrected chi connectivity index (χ2v) is 2.67. The van der Waals surface area contributed by atoms with Crippen LogP contribution in [0.2, 0.25) is 0 Å². The van der Waals surface area contributed by atoms with Crippen LogP contribution >= 0.6 is 24.8 Å². The molecular formula is C9H16Cl2N2. The molecule has 1 aromatic heterocycles. The maximum Gasteiger partial charge on any atom is 0.0407 e. The maximum atomic E-state index is 5.51. The van der Waals surface area contributed by atoms with E-state index in [0.717, 1.165) is 17.8 Å². The lowest BCUT2D eigenvalue weighted by Gasteiger charge is -2.01. The number of nitrogens with zero attached hydrogens (tertiary/aromatic N) is 1. The number of aromatic nitrogens is 1. The normalized spacial score (nSPS) is 8.54. The average Bonchev–Trinajstić information content (AvgIpc) is 2.03. The highest BCUT2D eigenvalue weighted by Gasteiger charge is 1.95. The smallest absolute Gasteiger partial charge is 0.0407 e. The second-order valence-electron chi connectivity index (χ2n) is 2.67. The third kappa shape index (κ3) is 4.46. The minimum Gasteiger partial charge on any atom is -0.326 e. The minimum absolute atomic E-state index is 0. The van der Waals surface area contributed by atoms with Crippen LogP contribution in [0, 0.1) is 6.92 Å². The highest BCUT2D eigenvalue weighted by Crippen LogP contribution is 2.04. The number of aryl methyl sites for hydroxylation is 2. The van der Waals surface area contributed by atoms with Crippen LogP contribution in [0.25, 0.3) is 0 Å². The first-order valence-electron chi connectivity index (χ1n) is 3.92. The molecule has 0 aliphatic heterocycles. The molecule has 0 atom stereocenters. The third-order valence-electron chi connectivity index (χ3n) is 1.66. The van der Waals surface area contributed by atoms with E-state index in [1.165, 1.54) is 5.56 Å². The molecule has 0 spiro atoms. The summed E-state index contributed by atoms with van der Waals surface area (Å²) in [7, 11) is 0. The molecule has 0 aliphatic carbocycles. The Labute approximate surface area is 91.8 Å². The van der Waals surface area contributed by atoms with Crippen molar-refractivity contribution in [2.45, 2.75) is 26.8 Å². The first kappa shape index (κ1) is 15.2. The lowest BCUT2D eigenvalue weighted by molar-refractivity contribution is 0.966. The molecule has 0 aliphatic rings. The predicted octanol–water partition coefficient (Wildman–Crippen LogP) is 2.25. The SMILES string of the molecule is CCc1cc(CN)cc(C)n1.Cl.Cl. The Balaban J connectivity index is 0. The predicted molar refractivity (Wildman–Crippen MR) is 60.7 cm³/mol. The van der Waals surface area contributed by atoms with Crippen molar-refractivity contribution in [2.75, 3.05) is 0 Å². The van der Waals surface area contributed by atoms with Crippen molar-refractivity contribution in [2.24, 2.45) is 5.73 Å². The Bertz CT molecular complexity index is 229. The highest BCUT2D eigenvalue weighted by atomic mass is 35.5. The van der Waals surface area contributed by atoms with Gasteiger partial charge in [-0.2, -0.15) is 0 Å². The van der Waals surface area contributed by atoms with Crippen LogP contribution in [0.5, 0.6) is 0 Å². The summed E-state index contributed by atoms with van der Waals surface area (Å²) in [6.45, 7) is 4.71. The van der Waals surface area contributed by atoms with E-state index in [0.29, 0.717) is 6.54 Å². The van der Waals surface area contributed by atoms with E-state index in [2.05, 4.69) is 18.0 Å². The van der Waals surface area contributed by atoms with Gasteiger partial charge in [0, 0.05) is 17.9 Å². The Kier molecular flexibility index (Phi) is 8.32. The van der Waals surface area contributed by atoms with E-state index in [-0.39, 0.29) is 24.8 Å². The molecular weight excluding hydrogens is 207 g/mol. The summed E-state index contributed by atoms with van der Waals surface area (Å²) >= 11 is 0. The minimum atomic E-state index is 0. The van der Waals surface area contributed by atoms with Gasteiger partial charge in [-0.25, -0.2) is 0 Å². The van der Waals surface area contributed by atoms with Gasteiger partial charge in [0.25, 0.3) is 0 Å². The first-order valence-corrected chi connectivity index (χ1v) is 3.92. The van der Waals surface area contributed by atoms with Crippen LogP contribution < -0.4 is 5.73 Å². The number of nitrogens with two attached hydrogens (primary N) is 1. The summed E-state index contributed by atoms with van der Waals surface area (Å²) in [4.78, 5) is 4.34. The molecule has 1 rings (SSSR count). The van der Waals surface area contributed by atoms with Crippen molar-refractivity contribution in [3.63, 3.8) is 0 Å². The Morgan fingerprint density at radius 1 is 1.31 bits per heavy atom. The number of pyridine rings is 1. The first-order chi connectivity index (χ1) is 5.26. The van der Waals surface area contributed by atoms with Crippen molar-refractivity contribution in [3.05, 3.63) is 29.1 Å². The van der Waals surface area contributed by atoms with Crippen molar-refractivity contribution >= 4 is 24.8 Å². The molecule has 76 valence electrons. The van der Waals surface area contributed by atoms with Gasteiger partial charge in [0.2, 0.25) is 0 Å². The van der Waals surface area contributed by atoms with Gasteiger partial charge in [-0.3, -0.25) is 4.98 Å². The zero-order chi connectivity index (χ0) is 8.27. The fourth-order valence-corrected chi connectivity index (χ4v) is 1.11. The molecule has 1 heterocycles. The topological polar surface area (TPSA) is 38.9 Å². The summed E-state index contributed by atoms with van der Waals surface area (Å²) in [5, 5.41) is 0. The molecule has 13 heavy (non-hydrogen) atoms. The molecule has 0 saturated heterocycles. The summed E-state index contributed by atoms with van der Waals surface area (Å²) in [6, 6.07) is 4.09.